The number of allylic oxidation sites excluding steroid dienone is 3. The maximum atomic E-state index is 11.0. The van der Waals surface area contributed by atoms with Crippen LogP contribution >= 0.6 is 0 Å². The van der Waals surface area contributed by atoms with E-state index in [9.17, 15) is 8.42 Å². The van der Waals surface area contributed by atoms with Gasteiger partial charge in [0.05, 0.1) is 6.26 Å². The predicted octanol–water partition coefficient (Wildman–Crippen LogP) is 2.61. The zero-order chi connectivity index (χ0) is 11.6. The van der Waals surface area contributed by atoms with Gasteiger partial charge in [0, 0.05) is 6.42 Å². The minimum atomic E-state index is -3.39. The highest BCUT2D eigenvalue weighted by Crippen LogP contribution is 2.33. The Morgan fingerprint density at radius 3 is 2.60 bits per heavy atom. The first-order valence-corrected chi connectivity index (χ1v) is 6.84. The van der Waals surface area contributed by atoms with Gasteiger partial charge < -0.3 is 4.18 Å². The summed E-state index contributed by atoms with van der Waals surface area (Å²) < 4.78 is 27.1. The van der Waals surface area contributed by atoms with Crippen molar-refractivity contribution in [1.29, 1.82) is 0 Å². The molecule has 1 atom stereocenters. The van der Waals surface area contributed by atoms with E-state index >= 15 is 0 Å². The normalized spacial score (nSPS) is 22.7. The molecule has 0 fully saturated rings. The van der Waals surface area contributed by atoms with Crippen molar-refractivity contribution < 1.29 is 12.6 Å². The summed E-state index contributed by atoms with van der Waals surface area (Å²) in [6, 6.07) is 0. The van der Waals surface area contributed by atoms with E-state index in [1.807, 2.05) is 13.8 Å². The molecule has 0 aromatic rings. The van der Waals surface area contributed by atoms with E-state index in [4.69, 9.17) is 4.18 Å². The Morgan fingerprint density at radius 1 is 1.53 bits per heavy atom. The van der Waals surface area contributed by atoms with Gasteiger partial charge in [-0.2, -0.15) is 8.42 Å². The minimum absolute atomic E-state index is 0.352. The lowest BCUT2D eigenvalue weighted by atomic mass is 9.85. The van der Waals surface area contributed by atoms with Gasteiger partial charge in [-0.05, 0) is 38.2 Å². The van der Waals surface area contributed by atoms with Crippen molar-refractivity contribution in [3.05, 3.63) is 23.5 Å². The number of rotatable bonds is 3. The van der Waals surface area contributed by atoms with E-state index in [0.29, 0.717) is 18.1 Å². The fourth-order valence-electron chi connectivity index (χ4n) is 1.74. The van der Waals surface area contributed by atoms with Crippen LogP contribution in [0, 0.1) is 5.92 Å². The van der Waals surface area contributed by atoms with Crippen LogP contribution < -0.4 is 0 Å². The summed E-state index contributed by atoms with van der Waals surface area (Å²) in [7, 11) is -3.39. The second kappa shape index (κ2) is 4.39. The SMILES string of the molecule is C=C(C)[C@@H]1CCC(C)=C(OS(C)(=O)=O)C1. The Hall–Kier alpha value is -0.770. The van der Waals surface area contributed by atoms with E-state index in [1.54, 1.807) is 0 Å². The summed E-state index contributed by atoms with van der Waals surface area (Å²) in [6.45, 7) is 7.81. The second-order valence-electron chi connectivity index (χ2n) is 4.28. The van der Waals surface area contributed by atoms with E-state index < -0.39 is 10.1 Å². The molecule has 0 radical (unpaired) electrons. The highest BCUT2D eigenvalue weighted by Gasteiger charge is 2.22. The van der Waals surface area contributed by atoms with Crippen LogP contribution in [-0.4, -0.2) is 14.7 Å². The van der Waals surface area contributed by atoms with Crippen LogP contribution in [0.1, 0.15) is 33.1 Å². The molecule has 3 nitrogen and oxygen atoms in total. The van der Waals surface area contributed by atoms with Gasteiger partial charge in [0.25, 0.3) is 0 Å². The quantitative estimate of drug-likeness (QED) is 0.553. The maximum absolute atomic E-state index is 11.0. The summed E-state index contributed by atoms with van der Waals surface area (Å²) >= 11 is 0. The van der Waals surface area contributed by atoms with Crippen LogP contribution in [-0.2, 0) is 14.3 Å². The molecule has 0 heterocycles. The van der Waals surface area contributed by atoms with Crippen molar-refractivity contribution in [2.75, 3.05) is 6.26 Å². The fourth-order valence-corrected chi connectivity index (χ4v) is 2.31. The van der Waals surface area contributed by atoms with Gasteiger partial charge >= 0.3 is 10.1 Å². The average Bonchev–Trinajstić information content (AvgIpc) is 2.06. The molecule has 15 heavy (non-hydrogen) atoms. The summed E-state index contributed by atoms with van der Waals surface area (Å²) in [5.41, 5.74) is 2.13. The molecule has 0 saturated carbocycles. The lowest BCUT2D eigenvalue weighted by Gasteiger charge is -2.25. The molecular weight excluding hydrogens is 212 g/mol. The molecule has 0 N–H and O–H groups in total. The van der Waals surface area contributed by atoms with Crippen molar-refractivity contribution in [3.63, 3.8) is 0 Å². The first-order valence-electron chi connectivity index (χ1n) is 5.03. The summed E-state index contributed by atoms with van der Waals surface area (Å²) in [5, 5.41) is 0. The molecule has 0 aliphatic heterocycles. The molecule has 1 rings (SSSR count). The van der Waals surface area contributed by atoms with Crippen molar-refractivity contribution in [2.24, 2.45) is 5.92 Å². The lowest BCUT2D eigenvalue weighted by molar-refractivity contribution is 0.345. The van der Waals surface area contributed by atoms with Crippen LogP contribution in [0.5, 0.6) is 0 Å². The number of hydrogen-bond acceptors (Lipinski definition) is 3. The van der Waals surface area contributed by atoms with Gasteiger partial charge in [0.1, 0.15) is 5.76 Å². The molecule has 0 aromatic heterocycles. The van der Waals surface area contributed by atoms with Gasteiger partial charge in [-0.3, -0.25) is 0 Å². The summed E-state index contributed by atoms with van der Waals surface area (Å²) in [5.74, 6) is 0.960. The lowest BCUT2D eigenvalue weighted by Crippen LogP contribution is -2.14. The molecule has 4 heteroatoms. The van der Waals surface area contributed by atoms with E-state index in [-0.39, 0.29) is 0 Å². The van der Waals surface area contributed by atoms with Gasteiger partial charge in [-0.15, -0.1) is 0 Å². The second-order valence-corrected chi connectivity index (χ2v) is 5.85. The Balaban J connectivity index is 2.82. The summed E-state index contributed by atoms with van der Waals surface area (Å²) in [4.78, 5) is 0. The van der Waals surface area contributed by atoms with Crippen LogP contribution in [0.25, 0.3) is 0 Å². The molecule has 86 valence electrons. The fraction of sp³-hybridized carbons (Fsp3) is 0.636. The Labute approximate surface area is 92.0 Å². The molecule has 0 unspecified atom stereocenters. The van der Waals surface area contributed by atoms with Crippen molar-refractivity contribution in [2.45, 2.75) is 33.1 Å². The third-order valence-corrected chi connectivity index (χ3v) is 3.23. The summed E-state index contributed by atoms with van der Waals surface area (Å²) in [6.07, 6.45) is 3.67. The van der Waals surface area contributed by atoms with Gasteiger partial charge in [-0.25, -0.2) is 0 Å². The Bertz CT molecular complexity index is 390. The first kappa shape index (κ1) is 12.3. The highest BCUT2D eigenvalue weighted by molar-refractivity contribution is 7.86. The molecule has 0 amide bonds. The monoisotopic (exact) mass is 230 g/mol. The predicted molar refractivity (Wildman–Crippen MR) is 60.8 cm³/mol. The van der Waals surface area contributed by atoms with Crippen molar-refractivity contribution >= 4 is 10.1 Å². The van der Waals surface area contributed by atoms with Crippen LogP contribution in [0.4, 0.5) is 0 Å². The topological polar surface area (TPSA) is 43.4 Å². The molecule has 0 aromatic carbocycles. The average molecular weight is 230 g/mol. The zero-order valence-electron chi connectivity index (χ0n) is 9.54. The molecule has 1 aliphatic carbocycles. The molecule has 0 spiro atoms. The molecular formula is C11H18O3S. The van der Waals surface area contributed by atoms with Gasteiger partial charge in [0.2, 0.25) is 0 Å². The zero-order valence-corrected chi connectivity index (χ0v) is 10.4. The van der Waals surface area contributed by atoms with Crippen LogP contribution in [0.2, 0.25) is 0 Å². The largest absolute Gasteiger partial charge is 0.387 e. The first-order chi connectivity index (χ1) is 6.79. The Kier molecular flexibility index (Phi) is 3.60. The highest BCUT2D eigenvalue weighted by atomic mass is 32.2. The van der Waals surface area contributed by atoms with E-state index in [2.05, 4.69) is 6.58 Å². The van der Waals surface area contributed by atoms with Gasteiger partial charge in [0.15, 0.2) is 0 Å². The van der Waals surface area contributed by atoms with Gasteiger partial charge in [-0.1, -0.05) is 12.2 Å². The van der Waals surface area contributed by atoms with Crippen LogP contribution in [0.15, 0.2) is 23.5 Å². The number of hydrogen-bond donors (Lipinski definition) is 0. The molecule has 1 aliphatic rings. The third kappa shape index (κ3) is 3.70. The van der Waals surface area contributed by atoms with Crippen molar-refractivity contribution in [3.8, 4) is 0 Å². The molecule has 0 saturated heterocycles. The molecule has 0 bridgehead atoms. The van der Waals surface area contributed by atoms with E-state index in [1.165, 1.54) is 0 Å². The minimum Gasteiger partial charge on any atom is -0.387 e. The smallest absolute Gasteiger partial charge is 0.305 e. The van der Waals surface area contributed by atoms with Crippen molar-refractivity contribution in [1.82, 2.24) is 0 Å². The standard InChI is InChI=1S/C11H18O3S/c1-8(2)10-6-5-9(3)11(7-10)14-15(4,12)13/h10H,1,5-7H2,2-4H3/t10-/m1/s1. The van der Waals surface area contributed by atoms with E-state index in [0.717, 1.165) is 30.2 Å². The Morgan fingerprint density at radius 2 is 2.13 bits per heavy atom. The maximum Gasteiger partial charge on any atom is 0.305 e. The van der Waals surface area contributed by atoms with Crippen LogP contribution in [0.3, 0.4) is 0 Å². The third-order valence-electron chi connectivity index (χ3n) is 2.72.